The van der Waals surface area contributed by atoms with E-state index in [-0.39, 0.29) is 0 Å². The van der Waals surface area contributed by atoms with Crippen molar-refractivity contribution in [3.8, 4) is 0 Å². The molecule has 1 heterocycles. The summed E-state index contributed by atoms with van der Waals surface area (Å²) in [5, 5.41) is 8.02. The predicted molar refractivity (Wildman–Crippen MR) is 50.9 cm³/mol. The van der Waals surface area contributed by atoms with Gasteiger partial charge in [-0.3, -0.25) is 0 Å². The third kappa shape index (κ3) is 1.12. The van der Waals surface area contributed by atoms with Gasteiger partial charge in [0.1, 0.15) is 5.52 Å². The van der Waals surface area contributed by atoms with E-state index in [2.05, 4.69) is 33.2 Å². The average Bonchev–Trinajstić information content (AvgIpc) is 2.46. The molecule has 1 aromatic carbocycles. The molecular formula is C8H8BrN3. The van der Waals surface area contributed by atoms with Gasteiger partial charge < -0.3 is 0 Å². The standard InChI is InChI=1S/C8H8BrN3/c1-2-12-8-5-6(9)3-4-7(8)10-11-12/h3-5H,2H2,1H3. The highest BCUT2D eigenvalue weighted by atomic mass is 79.9. The van der Waals surface area contributed by atoms with Crippen LogP contribution in [0.3, 0.4) is 0 Å². The highest BCUT2D eigenvalue weighted by Crippen LogP contribution is 2.17. The molecule has 0 spiro atoms. The summed E-state index contributed by atoms with van der Waals surface area (Å²) in [6.07, 6.45) is 0. The van der Waals surface area contributed by atoms with Gasteiger partial charge in [-0.15, -0.1) is 5.10 Å². The van der Waals surface area contributed by atoms with E-state index in [1.54, 1.807) is 0 Å². The molecule has 62 valence electrons. The van der Waals surface area contributed by atoms with Crippen LogP contribution in [0.4, 0.5) is 0 Å². The van der Waals surface area contributed by atoms with Crippen LogP contribution in [0.25, 0.3) is 11.0 Å². The predicted octanol–water partition coefficient (Wildman–Crippen LogP) is 2.21. The van der Waals surface area contributed by atoms with Crippen molar-refractivity contribution in [1.29, 1.82) is 0 Å². The van der Waals surface area contributed by atoms with Gasteiger partial charge in [0, 0.05) is 11.0 Å². The van der Waals surface area contributed by atoms with Crippen molar-refractivity contribution in [1.82, 2.24) is 15.0 Å². The molecule has 0 bridgehead atoms. The first-order valence-corrected chi connectivity index (χ1v) is 4.59. The molecule has 0 aliphatic heterocycles. The van der Waals surface area contributed by atoms with Gasteiger partial charge in [-0.25, -0.2) is 4.68 Å². The molecule has 0 saturated heterocycles. The summed E-state index contributed by atoms with van der Waals surface area (Å²) >= 11 is 3.41. The minimum absolute atomic E-state index is 0.854. The molecule has 0 unspecified atom stereocenters. The van der Waals surface area contributed by atoms with Gasteiger partial charge in [-0.1, -0.05) is 21.1 Å². The Morgan fingerprint density at radius 3 is 3.08 bits per heavy atom. The van der Waals surface area contributed by atoms with E-state index in [1.807, 2.05) is 22.9 Å². The van der Waals surface area contributed by atoms with Gasteiger partial charge in [0.05, 0.1) is 5.52 Å². The van der Waals surface area contributed by atoms with Crippen molar-refractivity contribution in [2.75, 3.05) is 0 Å². The van der Waals surface area contributed by atoms with Crippen LogP contribution in [0.5, 0.6) is 0 Å². The Morgan fingerprint density at radius 2 is 2.33 bits per heavy atom. The molecule has 0 amide bonds. The second kappa shape index (κ2) is 2.86. The maximum atomic E-state index is 4.02. The number of aryl methyl sites for hydroxylation is 1. The molecule has 0 N–H and O–H groups in total. The Bertz CT molecular complexity index is 408. The summed E-state index contributed by atoms with van der Waals surface area (Å²) < 4.78 is 2.94. The van der Waals surface area contributed by atoms with Crippen LogP contribution < -0.4 is 0 Å². The molecule has 2 aromatic rings. The smallest absolute Gasteiger partial charge is 0.113 e. The minimum atomic E-state index is 0.854. The fourth-order valence-corrected chi connectivity index (χ4v) is 1.52. The fraction of sp³-hybridized carbons (Fsp3) is 0.250. The monoisotopic (exact) mass is 225 g/mol. The van der Waals surface area contributed by atoms with Crippen molar-refractivity contribution in [2.45, 2.75) is 13.5 Å². The van der Waals surface area contributed by atoms with Crippen molar-refractivity contribution in [3.63, 3.8) is 0 Å². The first-order valence-electron chi connectivity index (χ1n) is 3.80. The first-order chi connectivity index (χ1) is 5.81. The minimum Gasteiger partial charge on any atom is -0.245 e. The van der Waals surface area contributed by atoms with E-state index in [1.165, 1.54) is 0 Å². The maximum absolute atomic E-state index is 4.02. The number of hydrogen-bond acceptors (Lipinski definition) is 2. The molecular weight excluding hydrogens is 218 g/mol. The van der Waals surface area contributed by atoms with Crippen LogP contribution in [0, 0.1) is 0 Å². The zero-order valence-corrected chi connectivity index (χ0v) is 8.24. The summed E-state index contributed by atoms with van der Waals surface area (Å²) in [4.78, 5) is 0. The summed E-state index contributed by atoms with van der Waals surface area (Å²) in [6, 6.07) is 5.95. The summed E-state index contributed by atoms with van der Waals surface area (Å²) in [5.74, 6) is 0. The lowest BCUT2D eigenvalue weighted by Crippen LogP contribution is -1.95. The van der Waals surface area contributed by atoms with E-state index in [4.69, 9.17) is 0 Å². The Labute approximate surface area is 78.5 Å². The average molecular weight is 226 g/mol. The lowest BCUT2D eigenvalue weighted by atomic mass is 10.3. The number of halogens is 1. The Hall–Kier alpha value is -0.900. The number of hydrogen-bond donors (Lipinski definition) is 0. The van der Waals surface area contributed by atoms with Crippen molar-refractivity contribution in [3.05, 3.63) is 22.7 Å². The number of aromatic nitrogens is 3. The lowest BCUT2D eigenvalue weighted by Gasteiger charge is -1.95. The second-order valence-corrected chi connectivity index (χ2v) is 3.45. The topological polar surface area (TPSA) is 30.7 Å². The number of fused-ring (bicyclic) bond motifs is 1. The Morgan fingerprint density at radius 1 is 1.50 bits per heavy atom. The Kier molecular flexibility index (Phi) is 1.84. The van der Waals surface area contributed by atoms with Crippen LogP contribution in [0.2, 0.25) is 0 Å². The summed E-state index contributed by atoms with van der Waals surface area (Å²) in [5.41, 5.74) is 2.02. The third-order valence-electron chi connectivity index (χ3n) is 1.78. The quantitative estimate of drug-likeness (QED) is 0.746. The number of rotatable bonds is 1. The van der Waals surface area contributed by atoms with Crippen LogP contribution in [-0.2, 0) is 6.54 Å². The highest BCUT2D eigenvalue weighted by Gasteiger charge is 2.01. The first kappa shape index (κ1) is 7.73. The van der Waals surface area contributed by atoms with Gasteiger partial charge in [0.15, 0.2) is 0 Å². The Balaban J connectivity index is 2.75. The van der Waals surface area contributed by atoms with Gasteiger partial charge in [-0.05, 0) is 25.1 Å². The molecule has 0 fully saturated rings. The normalized spacial score (nSPS) is 10.8. The molecule has 0 saturated carbocycles. The zero-order chi connectivity index (χ0) is 8.55. The SMILES string of the molecule is CCn1nnc2ccc(Br)cc21. The van der Waals surface area contributed by atoms with Crippen LogP contribution in [-0.4, -0.2) is 15.0 Å². The van der Waals surface area contributed by atoms with Crippen LogP contribution in [0.15, 0.2) is 22.7 Å². The van der Waals surface area contributed by atoms with Crippen LogP contribution in [0.1, 0.15) is 6.92 Å². The zero-order valence-electron chi connectivity index (χ0n) is 6.66. The highest BCUT2D eigenvalue weighted by molar-refractivity contribution is 9.10. The fourth-order valence-electron chi connectivity index (χ4n) is 1.17. The third-order valence-corrected chi connectivity index (χ3v) is 2.27. The molecule has 0 aliphatic rings. The van der Waals surface area contributed by atoms with Crippen molar-refractivity contribution >= 4 is 27.0 Å². The van der Waals surface area contributed by atoms with E-state index >= 15 is 0 Å². The van der Waals surface area contributed by atoms with Gasteiger partial charge >= 0.3 is 0 Å². The van der Waals surface area contributed by atoms with Gasteiger partial charge in [0.25, 0.3) is 0 Å². The van der Waals surface area contributed by atoms with Gasteiger partial charge in [0.2, 0.25) is 0 Å². The lowest BCUT2D eigenvalue weighted by molar-refractivity contribution is 0.646. The largest absolute Gasteiger partial charge is 0.245 e. The molecule has 1 aromatic heterocycles. The maximum Gasteiger partial charge on any atom is 0.113 e. The molecule has 4 heteroatoms. The summed E-state index contributed by atoms with van der Waals surface area (Å²) in [7, 11) is 0. The van der Waals surface area contributed by atoms with E-state index < -0.39 is 0 Å². The second-order valence-electron chi connectivity index (χ2n) is 2.54. The molecule has 3 nitrogen and oxygen atoms in total. The molecule has 0 radical (unpaired) electrons. The molecule has 0 aliphatic carbocycles. The van der Waals surface area contributed by atoms with E-state index in [0.29, 0.717) is 0 Å². The molecule has 2 rings (SSSR count). The van der Waals surface area contributed by atoms with Crippen molar-refractivity contribution < 1.29 is 0 Å². The summed E-state index contributed by atoms with van der Waals surface area (Å²) in [6.45, 7) is 2.90. The van der Waals surface area contributed by atoms with Gasteiger partial charge in [-0.2, -0.15) is 0 Å². The molecule has 0 atom stereocenters. The van der Waals surface area contributed by atoms with E-state index in [9.17, 15) is 0 Å². The van der Waals surface area contributed by atoms with E-state index in [0.717, 1.165) is 22.1 Å². The molecule has 12 heavy (non-hydrogen) atoms. The van der Waals surface area contributed by atoms with Crippen LogP contribution >= 0.6 is 15.9 Å². The van der Waals surface area contributed by atoms with Crippen molar-refractivity contribution in [2.24, 2.45) is 0 Å². The number of benzene rings is 1. The number of nitrogens with zero attached hydrogens (tertiary/aromatic N) is 3.